The number of ketones is 1. The maximum Gasteiger partial charge on any atom is 0.260 e. The summed E-state index contributed by atoms with van der Waals surface area (Å²) in [4.78, 5) is 28.1. The van der Waals surface area contributed by atoms with Crippen LogP contribution >= 0.6 is 0 Å². The van der Waals surface area contributed by atoms with E-state index in [2.05, 4.69) is 5.32 Å². The largest absolute Gasteiger partial charge is 0.497 e. The highest BCUT2D eigenvalue weighted by molar-refractivity contribution is 6.12. The molecule has 0 fully saturated rings. The molecular weight excluding hydrogens is 420 g/mol. The molecule has 0 saturated carbocycles. The molecule has 2 atom stereocenters. The van der Waals surface area contributed by atoms with Gasteiger partial charge < -0.3 is 24.8 Å². The van der Waals surface area contributed by atoms with Crippen molar-refractivity contribution in [2.24, 2.45) is 0 Å². The number of carbonyl (C=O) groups is 2. The number of fused-ring (bicyclic) bond motifs is 1. The Labute approximate surface area is 192 Å². The van der Waals surface area contributed by atoms with E-state index in [-0.39, 0.29) is 6.54 Å². The lowest BCUT2D eigenvalue weighted by atomic mass is 9.83. The predicted molar refractivity (Wildman–Crippen MR) is 126 cm³/mol. The topological polar surface area (TPSA) is 88.1 Å². The molecule has 0 radical (unpaired) electrons. The first-order valence-electron chi connectivity index (χ1n) is 10.6. The average Bonchev–Trinajstić information content (AvgIpc) is 3.07. The molecule has 33 heavy (non-hydrogen) atoms. The number of carbonyl (C=O) groups excluding carboxylic acids is 2. The van der Waals surface area contributed by atoms with Gasteiger partial charge in [-0.15, -0.1) is 0 Å². The van der Waals surface area contributed by atoms with E-state index in [9.17, 15) is 14.7 Å². The van der Waals surface area contributed by atoms with E-state index in [0.717, 1.165) is 5.56 Å². The lowest BCUT2D eigenvalue weighted by Crippen LogP contribution is -2.56. The summed E-state index contributed by atoms with van der Waals surface area (Å²) < 4.78 is 10.6. The standard InChI is InChI=1S/C26H26N2O5/c1-17(29)24(30)26(27-19-9-11-20(32-2)12-10-19)22-15-21(33-3)13-14-23(22)28(25(26)31)16-18-7-5-4-6-8-18/h4-15,24,27,30H,16H2,1-3H3/t24-,26+/m0/s1. The first-order valence-corrected chi connectivity index (χ1v) is 10.6. The number of Topliss-reactive ketones (excluding diaryl/α,β-unsaturated/α-hetero) is 1. The summed E-state index contributed by atoms with van der Waals surface area (Å²) in [5.74, 6) is 0.208. The van der Waals surface area contributed by atoms with Gasteiger partial charge in [-0.1, -0.05) is 30.3 Å². The lowest BCUT2D eigenvalue weighted by Gasteiger charge is -2.34. The number of benzene rings is 3. The van der Waals surface area contributed by atoms with E-state index in [0.29, 0.717) is 28.4 Å². The van der Waals surface area contributed by atoms with Crippen LogP contribution in [0.1, 0.15) is 18.1 Å². The summed E-state index contributed by atoms with van der Waals surface area (Å²) in [7, 11) is 3.09. The van der Waals surface area contributed by atoms with Crippen LogP contribution in [0.5, 0.6) is 11.5 Å². The van der Waals surface area contributed by atoms with E-state index in [4.69, 9.17) is 9.47 Å². The maximum atomic E-state index is 14.0. The van der Waals surface area contributed by atoms with Crippen molar-refractivity contribution in [1.82, 2.24) is 0 Å². The first-order chi connectivity index (χ1) is 15.9. The van der Waals surface area contributed by atoms with Gasteiger partial charge in [0.05, 0.1) is 26.5 Å². The molecule has 1 aliphatic rings. The highest BCUT2D eigenvalue weighted by Crippen LogP contribution is 2.47. The Bertz CT molecular complexity index is 1160. The quantitative estimate of drug-likeness (QED) is 0.551. The monoisotopic (exact) mass is 446 g/mol. The number of nitrogens with zero attached hydrogens (tertiary/aromatic N) is 1. The molecule has 1 aliphatic heterocycles. The number of nitrogens with one attached hydrogen (secondary N) is 1. The van der Waals surface area contributed by atoms with Crippen LogP contribution in [0.2, 0.25) is 0 Å². The second kappa shape index (κ2) is 8.96. The average molecular weight is 447 g/mol. The molecule has 3 aromatic rings. The second-order valence-electron chi connectivity index (χ2n) is 7.93. The van der Waals surface area contributed by atoms with Crippen molar-refractivity contribution in [1.29, 1.82) is 0 Å². The molecule has 4 rings (SSSR count). The van der Waals surface area contributed by atoms with Crippen LogP contribution in [0, 0.1) is 0 Å². The zero-order valence-electron chi connectivity index (χ0n) is 18.7. The Morgan fingerprint density at radius 2 is 1.64 bits per heavy atom. The summed E-state index contributed by atoms with van der Waals surface area (Å²) in [5.41, 5.74) is 0.830. The minimum atomic E-state index is -1.72. The minimum Gasteiger partial charge on any atom is -0.497 e. The fourth-order valence-corrected chi connectivity index (χ4v) is 4.21. The molecule has 3 aromatic carbocycles. The second-order valence-corrected chi connectivity index (χ2v) is 7.93. The Balaban J connectivity index is 1.88. The number of aliphatic hydroxyl groups excluding tert-OH is 1. The molecule has 1 amide bonds. The van der Waals surface area contributed by atoms with Gasteiger partial charge in [-0.3, -0.25) is 9.59 Å². The van der Waals surface area contributed by atoms with Crippen molar-refractivity contribution in [3.63, 3.8) is 0 Å². The Hall–Kier alpha value is -3.84. The zero-order valence-corrected chi connectivity index (χ0v) is 18.7. The van der Waals surface area contributed by atoms with Crippen LogP contribution in [-0.2, 0) is 21.7 Å². The van der Waals surface area contributed by atoms with Gasteiger partial charge in [0.25, 0.3) is 5.91 Å². The maximum absolute atomic E-state index is 14.0. The summed E-state index contributed by atoms with van der Waals surface area (Å²) >= 11 is 0. The van der Waals surface area contributed by atoms with Crippen molar-refractivity contribution in [2.45, 2.75) is 25.1 Å². The fraction of sp³-hybridized carbons (Fsp3) is 0.231. The van der Waals surface area contributed by atoms with Crippen LogP contribution < -0.4 is 19.7 Å². The molecule has 0 aliphatic carbocycles. The Kier molecular flexibility index (Phi) is 6.07. The van der Waals surface area contributed by atoms with E-state index in [1.54, 1.807) is 54.5 Å². The molecule has 2 N–H and O–H groups in total. The molecule has 7 nitrogen and oxygen atoms in total. The molecule has 0 bridgehead atoms. The third-order valence-electron chi connectivity index (χ3n) is 5.91. The number of hydrogen-bond acceptors (Lipinski definition) is 6. The van der Waals surface area contributed by atoms with Gasteiger partial charge in [0.1, 0.15) is 17.6 Å². The number of aliphatic hydroxyl groups is 1. The van der Waals surface area contributed by atoms with Crippen LogP contribution in [-0.4, -0.2) is 37.1 Å². The number of ether oxygens (including phenoxy) is 2. The Morgan fingerprint density at radius 1 is 1.00 bits per heavy atom. The van der Waals surface area contributed by atoms with Gasteiger partial charge >= 0.3 is 0 Å². The summed E-state index contributed by atoms with van der Waals surface area (Å²) in [5, 5.41) is 14.4. The molecule has 1 heterocycles. The Morgan fingerprint density at radius 3 is 2.24 bits per heavy atom. The van der Waals surface area contributed by atoms with Crippen molar-refractivity contribution < 1.29 is 24.2 Å². The van der Waals surface area contributed by atoms with Gasteiger partial charge in [0.15, 0.2) is 11.3 Å². The third kappa shape index (κ3) is 3.91. The molecule has 170 valence electrons. The fourth-order valence-electron chi connectivity index (χ4n) is 4.21. The number of rotatable bonds is 8. The third-order valence-corrected chi connectivity index (χ3v) is 5.91. The van der Waals surface area contributed by atoms with Gasteiger partial charge in [0.2, 0.25) is 0 Å². The number of hydrogen-bond donors (Lipinski definition) is 2. The smallest absolute Gasteiger partial charge is 0.260 e. The van der Waals surface area contributed by atoms with Crippen LogP contribution in [0.25, 0.3) is 0 Å². The molecule has 0 unspecified atom stereocenters. The van der Waals surface area contributed by atoms with Crippen molar-refractivity contribution in [3.05, 3.63) is 83.9 Å². The molecule has 0 saturated heterocycles. The van der Waals surface area contributed by atoms with Gasteiger partial charge in [-0.05, 0) is 55.0 Å². The molecule has 7 heteroatoms. The summed E-state index contributed by atoms with van der Waals surface area (Å²) in [6.45, 7) is 1.56. The predicted octanol–water partition coefficient (Wildman–Crippen LogP) is 3.51. The van der Waals surface area contributed by atoms with Crippen molar-refractivity contribution in [2.75, 3.05) is 24.4 Å². The first kappa shape index (κ1) is 22.4. The number of amides is 1. The molecule has 0 aromatic heterocycles. The van der Waals surface area contributed by atoms with E-state index >= 15 is 0 Å². The van der Waals surface area contributed by atoms with Crippen LogP contribution in [0.4, 0.5) is 11.4 Å². The zero-order chi connectivity index (χ0) is 23.6. The van der Waals surface area contributed by atoms with Gasteiger partial charge in [0, 0.05) is 11.3 Å². The molecule has 0 spiro atoms. The minimum absolute atomic E-state index is 0.287. The SMILES string of the molecule is COc1ccc(N[C@]2([C@@H](O)C(C)=O)C(=O)N(Cc3ccccc3)c3ccc(OC)cc32)cc1. The van der Waals surface area contributed by atoms with Crippen molar-refractivity contribution >= 4 is 23.1 Å². The van der Waals surface area contributed by atoms with Crippen molar-refractivity contribution in [3.8, 4) is 11.5 Å². The highest BCUT2D eigenvalue weighted by atomic mass is 16.5. The van der Waals surface area contributed by atoms with Crippen LogP contribution in [0.3, 0.4) is 0 Å². The lowest BCUT2D eigenvalue weighted by molar-refractivity contribution is -0.136. The summed E-state index contributed by atoms with van der Waals surface area (Å²) in [6.07, 6.45) is -1.63. The highest BCUT2D eigenvalue weighted by Gasteiger charge is 2.57. The van der Waals surface area contributed by atoms with E-state index in [1.165, 1.54) is 14.0 Å². The number of methoxy groups -OCH3 is 2. The van der Waals surface area contributed by atoms with Crippen LogP contribution in [0.15, 0.2) is 72.8 Å². The van der Waals surface area contributed by atoms with Gasteiger partial charge in [-0.2, -0.15) is 0 Å². The summed E-state index contributed by atoms with van der Waals surface area (Å²) in [6, 6.07) is 21.7. The normalized spacial score (nSPS) is 17.9. The number of anilines is 2. The molecular formula is C26H26N2O5. The van der Waals surface area contributed by atoms with Gasteiger partial charge in [-0.25, -0.2) is 0 Å². The van der Waals surface area contributed by atoms with E-state index in [1.807, 2.05) is 30.3 Å². The van der Waals surface area contributed by atoms with E-state index < -0.39 is 23.3 Å².